The van der Waals surface area contributed by atoms with Gasteiger partial charge < -0.3 is 9.64 Å². The normalized spacial score (nSPS) is 25.8. The first-order valence-electron chi connectivity index (χ1n) is 8.37. The van der Waals surface area contributed by atoms with E-state index in [9.17, 15) is 4.79 Å². The van der Waals surface area contributed by atoms with E-state index in [4.69, 9.17) is 4.74 Å². The molecule has 0 radical (unpaired) electrons. The molecule has 1 aromatic carbocycles. The number of thiazole rings is 1. The Labute approximate surface area is 150 Å². The molecule has 1 saturated carbocycles. The van der Waals surface area contributed by atoms with Gasteiger partial charge in [0.2, 0.25) is 0 Å². The first kappa shape index (κ1) is 16.2. The van der Waals surface area contributed by atoms with E-state index in [-0.39, 0.29) is 6.09 Å². The minimum atomic E-state index is -0.411. The van der Waals surface area contributed by atoms with Crippen LogP contribution in [0.25, 0.3) is 10.2 Å². The van der Waals surface area contributed by atoms with E-state index in [0.29, 0.717) is 11.8 Å². The van der Waals surface area contributed by atoms with Crippen molar-refractivity contribution in [3.05, 3.63) is 24.3 Å². The standard InChI is InChI=1S/C18H22N2O2S2/c1-18(2,3)22-17(21)20-8-11-12(9-20)13(11)10-23-16-19-14-6-4-5-7-15(14)24-16/h4-7,11-13H,8-10H2,1-3H3/t11-,12+,13+. The van der Waals surface area contributed by atoms with Gasteiger partial charge in [-0.15, -0.1) is 11.3 Å². The molecule has 1 aliphatic heterocycles. The van der Waals surface area contributed by atoms with Gasteiger partial charge >= 0.3 is 6.09 Å². The zero-order valence-corrected chi connectivity index (χ0v) is 15.8. The Kier molecular flexibility index (Phi) is 4.00. The SMILES string of the molecule is CC(C)(C)OC(=O)N1C[C@@H]2[C@@H](CSc3nc4ccccc4s3)[C@@H]2C1. The van der Waals surface area contributed by atoms with Gasteiger partial charge in [0.15, 0.2) is 4.34 Å². The summed E-state index contributed by atoms with van der Waals surface area (Å²) in [5.74, 6) is 3.14. The van der Waals surface area contributed by atoms with E-state index in [1.807, 2.05) is 43.5 Å². The molecule has 2 heterocycles. The van der Waals surface area contributed by atoms with Gasteiger partial charge in [-0.2, -0.15) is 0 Å². The molecular weight excluding hydrogens is 340 g/mol. The minimum Gasteiger partial charge on any atom is -0.444 e. The highest BCUT2D eigenvalue weighted by atomic mass is 32.2. The molecule has 3 atom stereocenters. The maximum absolute atomic E-state index is 12.1. The predicted octanol–water partition coefficient (Wildman–Crippen LogP) is 4.50. The van der Waals surface area contributed by atoms with Gasteiger partial charge in [-0.25, -0.2) is 9.78 Å². The second-order valence-corrected chi connectivity index (χ2v) is 9.93. The third kappa shape index (κ3) is 3.26. The number of para-hydroxylation sites is 1. The molecule has 0 spiro atoms. The van der Waals surface area contributed by atoms with E-state index in [2.05, 4.69) is 23.2 Å². The molecule has 0 unspecified atom stereocenters. The highest BCUT2D eigenvalue weighted by molar-refractivity contribution is 8.01. The number of fused-ring (bicyclic) bond motifs is 2. The highest BCUT2D eigenvalue weighted by Gasteiger charge is 2.56. The minimum absolute atomic E-state index is 0.160. The Hall–Kier alpha value is -1.27. The summed E-state index contributed by atoms with van der Waals surface area (Å²) in [6.07, 6.45) is -0.160. The van der Waals surface area contributed by atoms with Crippen LogP contribution in [0.15, 0.2) is 28.6 Å². The average Bonchev–Trinajstić information content (AvgIpc) is 2.90. The van der Waals surface area contributed by atoms with Gasteiger partial charge in [0, 0.05) is 18.8 Å². The number of benzene rings is 1. The van der Waals surface area contributed by atoms with Crippen molar-refractivity contribution >= 4 is 39.4 Å². The Morgan fingerprint density at radius 3 is 2.71 bits per heavy atom. The van der Waals surface area contributed by atoms with Gasteiger partial charge in [0.1, 0.15) is 5.60 Å². The lowest BCUT2D eigenvalue weighted by Crippen LogP contribution is -2.37. The van der Waals surface area contributed by atoms with Crippen molar-refractivity contribution in [2.45, 2.75) is 30.7 Å². The van der Waals surface area contributed by atoms with Crippen LogP contribution in [0.4, 0.5) is 4.79 Å². The summed E-state index contributed by atoms with van der Waals surface area (Å²) in [6.45, 7) is 7.45. The molecule has 2 fully saturated rings. The predicted molar refractivity (Wildman–Crippen MR) is 98.6 cm³/mol. The maximum atomic E-state index is 12.1. The zero-order valence-electron chi connectivity index (χ0n) is 14.2. The summed E-state index contributed by atoms with van der Waals surface area (Å²) in [6, 6.07) is 8.29. The summed E-state index contributed by atoms with van der Waals surface area (Å²) in [4.78, 5) is 18.7. The number of nitrogens with zero attached hydrogens (tertiary/aromatic N) is 2. The molecule has 0 N–H and O–H groups in total. The molecule has 2 aromatic rings. The fraction of sp³-hybridized carbons (Fsp3) is 0.556. The van der Waals surface area contributed by atoms with Crippen molar-refractivity contribution in [2.75, 3.05) is 18.8 Å². The van der Waals surface area contributed by atoms with Gasteiger partial charge in [0.25, 0.3) is 0 Å². The van der Waals surface area contributed by atoms with Crippen molar-refractivity contribution < 1.29 is 9.53 Å². The number of thioether (sulfide) groups is 1. The molecule has 128 valence electrons. The molecule has 0 bridgehead atoms. The number of aromatic nitrogens is 1. The number of piperidine rings is 1. The Balaban J connectivity index is 1.27. The molecule has 1 amide bonds. The van der Waals surface area contributed by atoms with E-state index < -0.39 is 5.60 Å². The van der Waals surface area contributed by atoms with E-state index in [1.165, 1.54) is 4.70 Å². The molecule has 1 saturated heterocycles. The molecule has 6 heteroatoms. The average molecular weight is 363 g/mol. The maximum Gasteiger partial charge on any atom is 0.410 e. The third-order valence-corrected chi connectivity index (χ3v) is 7.02. The summed E-state index contributed by atoms with van der Waals surface area (Å²) >= 11 is 3.64. The molecule has 1 aromatic heterocycles. The summed E-state index contributed by atoms with van der Waals surface area (Å²) in [5, 5.41) is 0. The van der Waals surface area contributed by atoms with Crippen LogP contribution in [0.5, 0.6) is 0 Å². The number of carbonyl (C=O) groups excluding carboxylic acids is 1. The molecule has 1 aliphatic carbocycles. The van der Waals surface area contributed by atoms with E-state index in [1.54, 1.807) is 11.3 Å². The topological polar surface area (TPSA) is 42.4 Å². The van der Waals surface area contributed by atoms with Crippen LogP contribution in [-0.4, -0.2) is 40.4 Å². The smallest absolute Gasteiger partial charge is 0.410 e. The molecule has 4 rings (SSSR count). The van der Waals surface area contributed by atoms with Crippen LogP contribution in [0, 0.1) is 17.8 Å². The lowest BCUT2D eigenvalue weighted by molar-refractivity contribution is 0.0267. The van der Waals surface area contributed by atoms with Crippen LogP contribution in [0.2, 0.25) is 0 Å². The van der Waals surface area contributed by atoms with Crippen molar-refractivity contribution in [3.8, 4) is 0 Å². The van der Waals surface area contributed by atoms with Crippen LogP contribution in [0.1, 0.15) is 20.8 Å². The van der Waals surface area contributed by atoms with Gasteiger partial charge in [-0.3, -0.25) is 0 Å². The number of hydrogen-bond donors (Lipinski definition) is 0. The van der Waals surface area contributed by atoms with Crippen LogP contribution in [0.3, 0.4) is 0 Å². The molecule has 4 nitrogen and oxygen atoms in total. The number of ether oxygens (including phenoxy) is 1. The van der Waals surface area contributed by atoms with Crippen molar-refractivity contribution in [1.82, 2.24) is 9.88 Å². The van der Waals surface area contributed by atoms with Crippen molar-refractivity contribution in [2.24, 2.45) is 17.8 Å². The summed E-state index contributed by atoms with van der Waals surface area (Å²) in [5.41, 5.74) is 0.684. The fourth-order valence-corrected chi connectivity index (χ4v) is 5.85. The number of likely N-dealkylation sites (tertiary alicyclic amines) is 1. The van der Waals surface area contributed by atoms with E-state index >= 15 is 0 Å². The van der Waals surface area contributed by atoms with Crippen molar-refractivity contribution in [3.63, 3.8) is 0 Å². The number of hydrogen-bond acceptors (Lipinski definition) is 5. The second-order valence-electron chi connectivity index (χ2n) is 7.64. The van der Waals surface area contributed by atoms with Crippen LogP contribution < -0.4 is 0 Å². The lowest BCUT2D eigenvalue weighted by atomic mass is 10.2. The molecule has 2 aliphatic rings. The highest BCUT2D eigenvalue weighted by Crippen LogP contribution is 2.54. The first-order valence-corrected chi connectivity index (χ1v) is 10.2. The monoisotopic (exact) mass is 362 g/mol. The van der Waals surface area contributed by atoms with E-state index in [0.717, 1.165) is 34.6 Å². The van der Waals surface area contributed by atoms with Crippen LogP contribution >= 0.6 is 23.1 Å². The zero-order chi connectivity index (χ0) is 16.9. The Morgan fingerprint density at radius 2 is 2.04 bits per heavy atom. The summed E-state index contributed by atoms with van der Waals surface area (Å²) < 4.78 is 7.88. The van der Waals surface area contributed by atoms with Crippen molar-refractivity contribution in [1.29, 1.82) is 0 Å². The lowest BCUT2D eigenvalue weighted by Gasteiger charge is -2.25. The van der Waals surface area contributed by atoms with Gasteiger partial charge in [-0.05, 0) is 50.7 Å². The first-order chi connectivity index (χ1) is 11.4. The van der Waals surface area contributed by atoms with Gasteiger partial charge in [-0.1, -0.05) is 23.9 Å². The molecular formula is C18H22N2O2S2. The van der Waals surface area contributed by atoms with Gasteiger partial charge in [0.05, 0.1) is 10.2 Å². The number of rotatable bonds is 3. The third-order valence-electron chi connectivity index (χ3n) is 4.70. The summed E-state index contributed by atoms with van der Waals surface area (Å²) in [7, 11) is 0. The quantitative estimate of drug-likeness (QED) is 0.754. The Morgan fingerprint density at radius 1 is 1.33 bits per heavy atom. The number of amides is 1. The molecule has 24 heavy (non-hydrogen) atoms. The largest absolute Gasteiger partial charge is 0.444 e. The second kappa shape index (κ2) is 5.92. The van der Waals surface area contributed by atoms with Crippen LogP contribution in [-0.2, 0) is 4.74 Å². The number of carbonyl (C=O) groups is 1. The fourth-order valence-electron chi connectivity index (χ4n) is 3.45. The Bertz CT molecular complexity index is 723.